The molecule has 2 aromatic heterocycles. The summed E-state index contributed by atoms with van der Waals surface area (Å²) in [4.78, 5) is 56.6. The molecule has 0 saturated heterocycles. The van der Waals surface area contributed by atoms with E-state index in [4.69, 9.17) is 14.5 Å². The molecule has 204 valence electrons. The highest BCUT2D eigenvalue weighted by Crippen LogP contribution is 2.42. The van der Waals surface area contributed by atoms with Crippen molar-refractivity contribution in [3.8, 4) is 17.1 Å². The summed E-state index contributed by atoms with van der Waals surface area (Å²) in [7, 11) is 0. The smallest absolute Gasteiger partial charge is 0.355 e. The molecule has 0 unspecified atom stereocenters. The number of fused-ring (bicyclic) bond motifs is 5. The highest BCUT2D eigenvalue weighted by molar-refractivity contribution is 8.00. The van der Waals surface area contributed by atoms with Crippen LogP contribution in [0.25, 0.3) is 22.3 Å². The standard InChI is InChI=1S/C29H30N2O7S/c1-5-17-18-9-16(32)7-8-22(18)30-26-19(17)11-31-23(26)10-21-20(27(31)35)12-37-28(36)29(21,6-2)38-25(34)14-39-13-24(33)15(3)4/h7-10,15,32H,5-6,11-14H2,1-4H3/t29-/m0/s1. The number of nitrogens with zero attached hydrogens (tertiary/aromatic N) is 2. The van der Waals surface area contributed by atoms with Crippen LogP contribution in [0.1, 0.15) is 56.4 Å². The molecule has 1 aromatic carbocycles. The van der Waals surface area contributed by atoms with E-state index in [0.717, 1.165) is 28.3 Å². The SMILES string of the molecule is CCc1c2c(nc3ccc(O)cc13)-c1cc3c(c(=O)n1C2)COC(=O)[C@@]3(CC)OC(=O)CSCC(=O)C(C)C. The molecule has 1 atom stereocenters. The highest BCUT2D eigenvalue weighted by atomic mass is 32.2. The Morgan fingerprint density at radius 1 is 1.18 bits per heavy atom. The van der Waals surface area contributed by atoms with Gasteiger partial charge < -0.3 is 19.1 Å². The number of phenolic OH excluding ortho intramolecular Hbond substituents is 1. The van der Waals surface area contributed by atoms with Gasteiger partial charge in [0.1, 0.15) is 18.1 Å². The molecule has 1 N–H and O–H groups in total. The minimum atomic E-state index is -1.78. The van der Waals surface area contributed by atoms with E-state index in [2.05, 4.69) is 0 Å². The maximum atomic E-state index is 13.7. The van der Waals surface area contributed by atoms with Crippen LogP contribution >= 0.6 is 11.8 Å². The molecule has 9 nitrogen and oxygen atoms in total. The van der Waals surface area contributed by atoms with Gasteiger partial charge in [-0.25, -0.2) is 9.78 Å². The van der Waals surface area contributed by atoms with E-state index in [1.165, 1.54) is 0 Å². The molecule has 2 aliphatic rings. The number of rotatable bonds is 8. The molecule has 0 bridgehead atoms. The van der Waals surface area contributed by atoms with E-state index < -0.39 is 17.5 Å². The minimum Gasteiger partial charge on any atom is -0.508 e. The monoisotopic (exact) mass is 550 g/mol. The van der Waals surface area contributed by atoms with Gasteiger partial charge in [0.25, 0.3) is 5.56 Å². The average Bonchev–Trinajstić information content (AvgIpc) is 3.27. The van der Waals surface area contributed by atoms with Gasteiger partial charge in [0.05, 0.1) is 40.5 Å². The number of ether oxygens (including phenoxy) is 2. The lowest BCUT2D eigenvalue weighted by atomic mass is 9.85. The largest absolute Gasteiger partial charge is 0.508 e. The van der Waals surface area contributed by atoms with Crippen molar-refractivity contribution in [2.24, 2.45) is 5.92 Å². The van der Waals surface area contributed by atoms with E-state index in [0.29, 0.717) is 35.4 Å². The lowest BCUT2D eigenvalue weighted by Gasteiger charge is -2.35. The number of carbonyl (C=O) groups is 3. The quantitative estimate of drug-likeness (QED) is 0.326. The second-order valence-corrected chi connectivity index (χ2v) is 11.1. The Labute approximate surface area is 229 Å². The first-order valence-corrected chi connectivity index (χ1v) is 14.2. The molecule has 0 spiro atoms. The molecule has 10 heteroatoms. The van der Waals surface area contributed by atoms with Crippen molar-refractivity contribution in [2.45, 2.75) is 59.3 Å². The molecule has 39 heavy (non-hydrogen) atoms. The maximum absolute atomic E-state index is 13.7. The zero-order valence-electron chi connectivity index (χ0n) is 22.3. The molecule has 0 aliphatic carbocycles. The van der Waals surface area contributed by atoms with Crippen LogP contribution in [0.3, 0.4) is 0 Å². The second kappa shape index (κ2) is 10.1. The first-order chi connectivity index (χ1) is 18.6. The van der Waals surface area contributed by atoms with Gasteiger partial charge in [-0.1, -0.05) is 27.7 Å². The van der Waals surface area contributed by atoms with Gasteiger partial charge in [0.15, 0.2) is 0 Å². The summed E-state index contributed by atoms with van der Waals surface area (Å²) in [6.45, 7) is 7.38. The first kappa shape index (κ1) is 26.9. The summed E-state index contributed by atoms with van der Waals surface area (Å²) in [5, 5.41) is 10.9. The fourth-order valence-electron chi connectivity index (χ4n) is 5.34. The van der Waals surface area contributed by atoms with Crippen LogP contribution in [0.2, 0.25) is 0 Å². The first-order valence-electron chi connectivity index (χ1n) is 13.0. The van der Waals surface area contributed by atoms with Crippen molar-refractivity contribution in [1.82, 2.24) is 9.55 Å². The number of aromatic hydroxyl groups is 1. The second-order valence-electron chi connectivity index (χ2n) is 10.1. The topological polar surface area (TPSA) is 125 Å². The molecule has 0 fully saturated rings. The zero-order valence-corrected chi connectivity index (χ0v) is 23.1. The fourth-order valence-corrected chi connectivity index (χ4v) is 6.20. The minimum absolute atomic E-state index is 0.0179. The van der Waals surface area contributed by atoms with Crippen molar-refractivity contribution in [1.29, 1.82) is 0 Å². The lowest BCUT2D eigenvalue weighted by Crippen LogP contribution is -2.47. The van der Waals surface area contributed by atoms with Crippen molar-refractivity contribution in [3.05, 3.63) is 56.9 Å². The van der Waals surface area contributed by atoms with Gasteiger partial charge in [-0.05, 0) is 42.7 Å². The van der Waals surface area contributed by atoms with Crippen LogP contribution < -0.4 is 5.56 Å². The molecule has 4 heterocycles. The highest BCUT2D eigenvalue weighted by Gasteiger charge is 2.50. The lowest BCUT2D eigenvalue weighted by molar-refractivity contribution is -0.187. The average molecular weight is 551 g/mol. The van der Waals surface area contributed by atoms with Crippen LogP contribution in [0, 0.1) is 5.92 Å². The van der Waals surface area contributed by atoms with E-state index in [-0.39, 0.29) is 53.1 Å². The van der Waals surface area contributed by atoms with Crippen LogP contribution in [0.4, 0.5) is 0 Å². The van der Waals surface area contributed by atoms with Crippen molar-refractivity contribution < 1.29 is 29.0 Å². The number of benzene rings is 1. The Kier molecular flexibility index (Phi) is 7.00. The Hall–Kier alpha value is -3.66. The van der Waals surface area contributed by atoms with E-state index in [1.54, 1.807) is 49.6 Å². The number of aryl methyl sites for hydroxylation is 1. The summed E-state index contributed by atoms with van der Waals surface area (Å²) < 4.78 is 12.8. The molecular formula is C29H30N2O7S. The number of cyclic esters (lactones) is 1. The van der Waals surface area contributed by atoms with E-state index in [1.807, 2.05) is 6.92 Å². The van der Waals surface area contributed by atoms with Gasteiger partial charge >= 0.3 is 11.9 Å². The molecule has 0 amide bonds. The van der Waals surface area contributed by atoms with E-state index in [9.17, 15) is 24.3 Å². The van der Waals surface area contributed by atoms with Gasteiger partial charge in [-0.2, -0.15) is 0 Å². The van der Waals surface area contributed by atoms with Gasteiger partial charge in [0, 0.05) is 22.4 Å². The molecule has 5 rings (SSSR count). The molecule has 3 aromatic rings. The van der Waals surface area contributed by atoms with Crippen molar-refractivity contribution in [3.63, 3.8) is 0 Å². The number of esters is 2. The normalized spacial score (nSPS) is 17.5. The van der Waals surface area contributed by atoms with Crippen LogP contribution in [0.15, 0.2) is 29.1 Å². The number of Topliss-reactive ketones (excluding diaryl/α,β-unsaturated/α-hetero) is 1. The number of ketones is 1. The Morgan fingerprint density at radius 2 is 1.95 bits per heavy atom. The number of aromatic nitrogens is 2. The summed E-state index contributed by atoms with van der Waals surface area (Å²) in [5.74, 6) is -1.33. The summed E-state index contributed by atoms with van der Waals surface area (Å²) >= 11 is 1.13. The fraction of sp³-hybridized carbons (Fsp3) is 0.414. The van der Waals surface area contributed by atoms with Gasteiger partial charge in [0.2, 0.25) is 5.60 Å². The third-order valence-electron chi connectivity index (χ3n) is 7.51. The third-order valence-corrected chi connectivity index (χ3v) is 8.44. The number of hydrogen-bond donors (Lipinski definition) is 1. The maximum Gasteiger partial charge on any atom is 0.355 e. The van der Waals surface area contributed by atoms with Crippen LogP contribution in [0.5, 0.6) is 5.75 Å². The Morgan fingerprint density at radius 3 is 2.64 bits per heavy atom. The van der Waals surface area contributed by atoms with Crippen LogP contribution in [-0.2, 0) is 49.0 Å². The predicted molar refractivity (Wildman–Crippen MR) is 147 cm³/mol. The van der Waals surface area contributed by atoms with Gasteiger partial charge in [-0.15, -0.1) is 11.8 Å². The number of phenols is 1. The van der Waals surface area contributed by atoms with Gasteiger partial charge in [-0.3, -0.25) is 14.4 Å². The summed E-state index contributed by atoms with van der Waals surface area (Å²) in [6.07, 6.45) is 0.739. The number of hydrogen-bond acceptors (Lipinski definition) is 9. The Bertz CT molecular complexity index is 1590. The third kappa shape index (κ3) is 4.40. The number of carbonyl (C=O) groups excluding carboxylic acids is 3. The predicted octanol–water partition coefficient (Wildman–Crippen LogP) is 3.86. The van der Waals surface area contributed by atoms with Crippen molar-refractivity contribution >= 4 is 40.4 Å². The number of thioether (sulfide) groups is 1. The zero-order chi connectivity index (χ0) is 28.1. The Balaban J connectivity index is 1.58. The van der Waals surface area contributed by atoms with E-state index >= 15 is 0 Å². The molecule has 2 aliphatic heterocycles. The summed E-state index contributed by atoms with van der Waals surface area (Å²) in [5.41, 5.74) is 2.20. The van der Waals surface area contributed by atoms with Crippen molar-refractivity contribution in [2.75, 3.05) is 11.5 Å². The van der Waals surface area contributed by atoms with Crippen LogP contribution in [-0.4, -0.2) is 43.9 Å². The molecule has 0 saturated carbocycles. The molecular weight excluding hydrogens is 520 g/mol. The number of pyridine rings is 2. The molecule has 0 radical (unpaired) electrons. The summed E-state index contributed by atoms with van der Waals surface area (Å²) in [6, 6.07) is 6.72.